The highest BCUT2D eigenvalue weighted by molar-refractivity contribution is 5.88. The van der Waals surface area contributed by atoms with E-state index in [-0.39, 0.29) is 23.8 Å². The van der Waals surface area contributed by atoms with Crippen molar-refractivity contribution in [3.05, 3.63) is 27.9 Å². The Kier molecular flexibility index (Phi) is 4.76. The minimum atomic E-state index is -1.29. The second-order valence-electron chi connectivity index (χ2n) is 4.35. The molecule has 104 valence electrons. The van der Waals surface area contributed by atoms with E-state index in [1.807, 2.05) is 13.8 Å². The first-order valence-corrected chi connectivity index (χ1v) is 5.62. The average molecular weight is 269 g/mol. The summed E-state index contributed by atoms with van der Waals surface area (Å²) in [5.41, 5.74) is -0.697. The first-order chi connectivity index (χ1) is 8.82. The van der Waals surface area contributed by atoms with E-state index in [1.54, 1.807) is 0 Å². The Bertz CT molecular complexity index is 489. The number of rotatable bonds is 6. The fourth-order valence-corrected chi connectivity index (χ4v) is 1.28. The molecule has 0 aliphatic carbocycles. The van der Waals surface area contributed by atoms with Gasteiger partial charge in [0.1, 0.15) is 0 Å². The minimum Gasteiger partial charge on any atom is -0.478 e. The maximum atomic E-state index is 10.8. The highest BCUT2D eigenvalue weighted by Crippen LogP contribution is 2.23. The Balaban J connectivity index is 2.94. The molecule has 0 aliphatic heterocycles. The van der Waals surface area contributed by atoms with Crippen molar-refractivity contribution in [3.63, 3.8) is 0 Å². The number of hydrogen-bond acceptors (Lipinski definition) is 6. The van der Waals surface area contributed by atoms with Crippen molar-refractivity contribution in [2.45, 2.75) is 20.0 Å². The molecule has 1 atom stereocenters. The van der Waals surface area contributed by atoms with Gasteiger partial charge in [0.2, 0.25) is 5.82 Å². The Labute approximate surface area is 109 Å². The van der Waals surface area contributed by atoms with Gasteiger partial charge in [0.25, 0.3) is 0 Å². The number of nitrogens with one attached hydrogen (secondary N) is 1. The zero-order chi connectivity index (χ0) is 14.6. The monoisotopic (exact) mass is 269 g/mol. The van der Waals surface area contributed by atoms with E-state index >= 15 is 0 Å². The molecule has 1 heterocycles. The number of aromatic carboxylic acids is 1. The average Bonchev–Trinajstić information content (AvgIpc) is 2.35. The molecule has 0 saturated heterocycles. The molecule has 1 aromatic rings. The lowest BCUT2D eigenvalue weighted by Crippen LogP contribution is -2.25. The van der Waals surface area contributed by atoms with Gasteiger partial charge in [0, 0.05) is 18.8 Å². The molecule has 19 heavy (non-hydrogen) atoms. The van der Waals surface area contributed by atoms with Gasteiger partial charge in [-0.05, 0) is 5.92 Å². The molecule has 0 aromatic carbocycles. The van der Waals surface area contributed by atoms with Crippen molar-refractivity contribution >= 4 is 17.5 Å². The van der Waals surface area contributed by atoms with Crippen LogP contribution in [0.15, 0.2) is 12.3 Å². The summed E-state index contributed by atoms with van der Waals surface area (Å²) in [5, 5.41) is 31.8. The number of aliphatic hydroxyl groups is 1. The Hall–Kier alpha value is -2.22. The number of aromatic nitrogens is 1. The molecule has 0 radical (unpaired) electrons. The molecule has 0 bridgehead atoms. The molecule has 0 aliphatic rings. The summed E-state index contributed by atoms with van der Waals surface area (Å²) in [5.74, 6) is -1.36. The molecule has 3 N–H and O–H groups in total. The van der Waals surface area contributed by atoms with E-state index in [0.29, 0.717) is 0 Å². The van der Waals surface area contributed by atoms with E-state index in [9.17, 15) is 20.0 Å². The van der Waals surface area contributed by atoms with Crippen molar-refractivity contribution in [1.29, 1.82) is 0 Å². The molecule has 1 unspecified atom stereocenters. The van der Waals surface area contributed by atoms with Crippen LogP contribution < -0.4 is 5.32 Å². The summed E-state index contributed by atoms with van der Waals surface area (Å²) >= 11 is 0. The molecular weight excluding hydrogens is 254 g/mol. The van der Waals surface area contributed by atoms with Crippen molar-refractivity contribution < 1.29 is 19.9 Å². The van der Waals surface area contributed by atoms with E-state index in [1.165, 1.54) is 0 Å². The largest absolute Gasteiger partial charge is 0.478 e. The predicted octanol–water partition coefficient (Wildman–Crippen LogP) is 1.12. The molecule has 0 amide bonds. The second-order valence-corrected chi connectivity index (χ2v) is 4.35. The van der Waals surface area contributed by atoms with Crippen LogP contribution in [0.1, 0.15) is 24.2 Å². The molecule has 0 saturated carbocycles. The number of pyridine rings is 1. The van der Waals surface area contributed by atoms with Crippen molar-refractivity contribution in [2.75, 3.05) is 11.9 Å². The summed E-state index contributed by atoms with van der Waals surface area (Å²) in [4.78, 5) is 24.6. The zero-order valence-corrected chi connectivity index (χ0v) is 10.5. The number of carboxylic acids is 1. The molecule has 0 fully saturated rings. The van der Waals surface area contributed by atoms with Gasteiger partial charge in [-0.3, -0.25) is 10.1 Å². The van der Waals surface area contributed by atoms with E-state index < -0.39 is 22.7 Å². The van der Waals surface area contributed by atoms with Crippen LogP contribution in [0.4, 0.5) is 11.5 Å². The smallest absolute Gasteiger partial charge is 0.337 e. The van der Waals surface area contributed by atoms with Crippen LogP contribution in [0.25, 0.3) is 0 Å². The number of carbonyl (C=O) groups is 1. The summed E-state index contributed by atoms with van der Waals surface area (Å²) in [6.45, 7) is 3.71. The summed E-state index contributed by atoms with van der Waals surface area (Å²) in [7, 11) is 0. The van der Waals surface area contributed by atoms with Crippen LogP contribution in [0.2, 0.25) is 0 Å². The normalized spacial score (nSPS) is 12.2. The number of nitro groups is 1. The van der Waals surface area contributed by atoms with Crippen LogP contribution in [-0.2, 0) is 0 Å². The lowest BCUT2D eigenvalue weighted by atomic mass is 10.1. The Morgan fingerprint density at radius 1 is 1.58 bits per heavy atom. The first kappa shape index (κ1) is 14.8. The Morgan fingerprint density at radius 2 is 2.21 bits per heavy atom. The van der Waals surface area contributed by atoms with Gasteiger partial charge in [-0.1, -0.05) is 13.8 Å². The van der Waals surface area contributed by atoms with E-state index in [2.05, 4.69) is 10.3 Å². The number of anilines is 1. The summed E-state index contributed by atoms with van der Waals surface area (Å²) < 4.78 is 0. The Morgan fingerprint density at radius 3 is 2.68 bits per heavy atom. The fourth-order valence-electron chi connectivity index (χ4n) is 1.28. The van der Waals surface area contributed by atoms with Gasteiger partial charge in [0.15, 0.2) is 0 Å². The van der Waals surface area contributed by atoms with Crippen LogP contribution in [0, 0.1) is 16.0 Å². The van der Waals surface area contributed by atoms with Gasteiger partial charge in [-0.25, -0.2) is 9.78 Å². The van der Waals surface area contributed by atoms with Gasteiger partial charge in [-0.2, -0.15) is 0 Å². The number of aliphatic hydroxyl groups excluding tert-OH is 1. The molecule has 1 aromatic heterocycles. The van der Waals surface area contributed by atoms with E-state index in [0.717, 1.165) is 12.3 Å². The van der Waals surface area contributed by atoms with Gasteiger partial charge >= 0.3 is 11.7 Å². The topological polar surface area (TPSA) is 126 Å². The molecule has 1 rings (SSSR count). The van der Waals surface area contributed by atoms with E-state index in [4.69, 9.17) is 5.11 Å². The highest BCUT2D eigenvalue weighted by Gasteiger charge is 2.20. The second kappa shape index (κ2) is 6.10. The molecular formula is C11H15N3O5. The van der Waals surface area contributed by atoms with Gasteiger partial charge in [0.05, 0.1) is 16.6 Å². The first-order valence-electron chi connectivity index (χ1n) is 5.62. The number of nitrogens with zero attached hydrogens (tertiary/aromatic N) is 2. The van der Waals surface area contributed by atoms with Crippen LogP contribution >= 0.6 is 0 Å². The van der Waals surface area contributed by atoms with Crippen LogP contribution in [0.5, 0.6) is 0 Å². The standard InChI is InChI=1S/C11H15N3O5/c1-6(2)9(15)5-13-10-8(14(18)19)3-7(4-12-10)11(16)17/h3-4,6,9,15H,5H2,1-2H3,(H,12,13)(H,16,17). The SMILES string of the molecule is CC(C)C(O)CNc1ncc(C(=O)O)cc1[N+](=O)[O-]. The number of carboxylic acid groups (broad SMARTS) is 1. The summed E-state index contributed by atoms with van der Waals surface area (Å²) in [6.07, 6.45) is 0.347. The highest BCUT2D eigenvalue weighted by atomic mass is 16.6. The number of hydrogen-bond donors (Lipinski definition) is 3. The fraction of sp³-hybridized carbons (Fsp3) is 0.455. The maximum absolute atomic E-state index is 10.8. The van der Waals surface area contributed by atoms with Gasteiger partial charge in [-0.15, -0.1) is 0 Å². The molecule has 8 heteroatoms. The van der Waals surface area contributed by atoms with Crippen molar-refractivity contribution in [2.24, 2.45) is 5.92 Å². The van der Waals surface area contributed by atoms with Gasteiger partial charge < -0.3 is 15.5 Å². The molecule has 8 nitrogen and oxygen atoms in total. The van der Waals surface area contributed by atoms with Crippen LogP contribution in [-0.4, -0.2) is 38.7 Å². The minimum absolute atomic E-state index is 0.00940. The third-order valence-electron chi connectivity index (χ3n) is 2.56. The third kappa shape index (κ3) is 3.88. The van der Waals surface area contributed by atoms with Crippen molar-refractivity contribution in [3.8, 4) is 0 Å². The van der Waals surface area contributed by atoms with Crippen LogP contribution in [0.3, 0.4) is 0 Å². The third-order valence-corrected chi connectivity index (χ3v) is 2.56. The lowest BCUT2D eigenvalue weighted by Gasteiger charge is -2.15. The molecule has 0 spiro atoms. The zero-order valence-electron chi connectivity index (χ0n) is 10.5. The maximum Gasteiger partial charge on any atom is 0.337 e. The predicted molar refractivity (Wildman–Crippen MR) is 67.2 cm³/mol. The quantitative estimate of drug-likeness (QED) is 0.521. The van der Waals surface area contributed by atoms with Crippen molar-refractivity contribution in [1.82, 2.24) is 4.98 Å². The lowest BCUT2D eigenvalue weighted by molar-refractivity contribution is -0.384. The summed E-state index contributed by atoms with van der Waals surface area (Å²) in [6, 6.07) is 0.930.